The third-order valence-electron chi connectivity index (χ3n) is 2.96. The summed E-state index contributed by atoms with van der Waals surface area (Å²) in [5.41, 5.74) is 1.69. The van der Waals surface area contributed by atoms with Crippen LogP contribution in [0.1, 0.15) is 29.2 Å². The molecule has 1 aromatic heterocycles. The van der Waals surface area contributed by atoms with E-state index in [0.29, 0.717) is 0 Å². The minimum absolute atomic E-state index is 0.118. The first-order valence-electron chi connectivity index (χ1n) is 6.61. The largest absolute Gasteiger partial charge is 0.394 e. The van der Waals surface area contributed by atoms with Crippen molar-refractivity contribution in [2.75, 3.05) is 6.61 Å². The molecule has 4 nitrogen and oxygen atoms in total. The zero-order valence-electron chi connectivity index (χ0n) is 11.4. The van der Waals surface area contributed by atoms with Crippen LogP contribution in [0.3, 0.4) is 0 Å². The van der Waals surface area contributed by atoms with Crippen LogP contribution in [0.25, 0.3) is 0 Å². The second-order valence-electron chi connectivity index (χ2n) is 4.48. The number of carbonyl (C=O) groups excluding carboxylic acids is 1. The summed E-state index contributed by atoms with van der Waals surface area (Å²) < 4.78 is 0. The van der Waals surface area contributed by atoms with Crippen molar-refractivity contribution in [3.63, 3.8) is 0 Å². The first kappa shape index (κ1) is 14.7. The molecule has 2 aromatic rings. The first-order valence-corrected chi connectivity index (χ1v) is 7.49. The van der Waals surface area contributed by atoms with Crippen molar-refractivity contribution in [3.05, 3.63) is 52.0 Å². The first-order chi connectivity index (χ1) is 9.72. The van der Waals surface area contributed by atoms with E-state index < -0.39 is 0 Å². The van der Waals surface area contributed by atoms with Gasteiger partial charge in [-0.05, 0) is 12.0 Å². The summed E-state index contributed by atoms with van der Waals surface area (Å²) in [6.45, 7) is 1.92. The van der Waals surface area contributed by atoms with Crippen LogP contribution >= 0.6 is 11.3 Å². The molecule has 1 amide bonds. The summed E-state index contributed by atoms with van der Waals surface area (Å²) in [6, 6.07) is 9.09. The van der Waals surface area contributed by atoms with Gasteiger partial charge in [0.1, 0.15) is 0 Å². The predicted octanol–water partition coefficient (Wildman–Crippen LogP) is 2.10. The summed E-state index contributed by atoms with van der Waals surface area (Å²) in [7, 11) is 0. The summed E-state index contributed by atoms with van der Waals surface area (Å²) in [4.78, 5) is 16.4. The molecule has 0 aliphatic carbocycles. The molecular weight excluding hydrogens is 272 g/mol. The molecule has 0 aliphatic rings. The van der Waals surface area contributed by atoms with E-state index in [2.05, 4.69) is 10.3 Å². The lowest BCUT2D eigenvalue weighted by Crippen LogP contribution is -2.32. The normalized spacial score (nSPS) is 12.1. The highest BCUT2D eigenvalue weighted by Crippen LogP contribution is 2.13. The Bertz CT molecular complexity index is 554. The number of rotatable bonds is 6. The number of aliphatic hydroxyl groups excluding tert-OH is 1. The van der Waals surface area contributed by atoms with Gasteiger partial charge in [0.25, 0.3) is 0 Å². The van der Waals surface area contributed by atoms with Crippen molar-refractivity contribution in [2.24, 2.45) is 0 Å². The average Bonchev–Trinajstić information content (AvgIpc) is 2.93. The molecule has 20 heavy (non-hydrogen) atoms. The Morgan fingerprint density at radius 2 is 2.15 bits per heavy atom. The van der Waals surface area contributed by atoms with Crippen LogP contribution in [-0.4, -0.2) is 22.6 Å². The number of hydrogen-bond donors (Lipinski definition) is 2. The summed E-state index contributed by atoms with van der Waals surface area (Å²) >= 11 is 1.57. The lowest BCUT2D eigenvalue weighted by atomic mass is 10.1. The van der Waals surface area contributed by atoms with Gasteiger partial charge in [0.05, 0.1) is 29.8 Å². The highest BCUT2D eigenvalue weighted by atomic mass is 32.1. The van der Waals surface area contributed by atoms with Gasteiger partial charge in [0, 0.05) is 5.38 Å². The van der Waals surface area contributed by atoms with Gasteiger partial charge < -0.3 is 10.4 Å². The van der Waals surface area contributed by atoms with Crippen molar-refractivity contribution in [3.8, 4) is 0 Å². The number of nitrogens with one attached hydrogen (secondary N) is 1. The van der Waals surface area contributed by atoms with Gasteiger partial charge in [0.2, 0.25) is 5.91 Å². The van der Waals surface area contributed by atoms with Crippen molar-refractivity contribution in [1.82, 2.24) is 10.3 Å². The monoisotopic (exact) mass is 290 g/mol. The summed E-state index contributed by atoms with van der Waals surface area (Å²) in [5.74, 6) is -0.124. The van der Waals surface area contributed by atoms with Crippen molar-refractivity contribution in [2.45, 2.75) is 25.8 Å². The van der Waals surface area contributed by atoms with Crippen LogP contribution in [0.5, 0.6) is 0 Å². The number of aryl methyl sites for hydroxylation is 1. The number of carbonyl (C=O) groups is 1. The quantitative estimate of drug-likeness (QED) is 0.856. The zero-order chi connectivity index (χ0) is 14.4. The van der Waals surface area contributed by atoms with Gasteiger partial charge in [-0.3, -0.25) is 4.79 Å². The van der Waals surface area contributed by atoms with Crippen LogP contribution < -0.4 is 5.32 Å². The van der Waals surface area contributed by atoms with E-state index in [9.17, 15) is 9.90 Å². The molecule has 1 heterocycles. The van der Waals surface area contributed by atoms with E-state index in [1.165, 1.54) is 0 Å². The third kappa shape index (κ3) is 3.88. The van der Waals surface area contributed by atoms with Gasteiger partial charge in [-0.15, -0.1) is 11.3 Å². The fourth-order valence-corrected chi connectivity index (χ4v) is 2.67. The predicted molar refractivity (Wildman–Crippen MR) is 79.6 cm³/mol. The second-order valence-corrected chi connectivity index (χ2v) is 5.42. The zero-order valence-corrected chi connectivity index (χ0v) is 12.2. The molecule has 1 unspecified atom stereocenters. The third-order valence-corrected chi connectivity index (χ3v) is 4.01. The lowest BCUT2D eigenvalue weighted by molar-refractivity contribution is -0.121. The molecule has 106 valence electrons. The van der Waals surface area contributed by atoms with Crippen LogP contribution in [0.15, 0.2) is 35.7 Å². The Labute approximate surface area is 122 Å². The molecule has 1 aromatic carbocycles. The molecule has 0 bridgehead atoms. The van der Waals surface area contributed by atoms with Gasteiger partial charge in [-0.1, -0.05) is 37.3 Å². The fraction of sp³-hybridized carbons (Fsp3) is 0.333. The molecule has 0 saturated carbocycles. The van der Waals surface area contributed by atoms with Crippen molar-refractivity contribution in [1.29, 1.82) is 0 Å². The molecule has 0 radical (unpaired) electrons. The molecule has 1 atom stereocenters. The lowest BCUT2D eigenvalue weighted by Gasteiger charge is -2.16. The number of aliphatic hydroxyl groups is 1. The van der Waals surface area contributed by atoms with Gasteiger partial charge in [-0.25, -0.2) is 4.98 Å². The fourth-order valence-electron chi connectivity index (χ4n) is 1.92. The molecule has 0 saturated heterocycles. The number of hydrogen-bond acceptors (Lipinski definition) is 4. The molecule has 0 spiro atoms. The topological polar surface area (TPSA) is 62.2 Å². The Morgan fingerprint density at radius 3 is 2.75 bits per heavy atom. The Hall–Kier alpha value is -1.72. The second kappa shape index (κ2) is 7.17. The van der Waals surface area contributed by atoms with E-state index in [1.807, 2.05) is 42.6 Å². The summed E-state index contributed by atoms with van der Waals surface area (Å²) in [6.07, 6.45) is 1.13. The standard InChI is InChI=1S/C15H18N2O2S/c1-2-15-16-12(10-20-15)8-14(19)17-13(9-18)11-6-4-3-5-7-11/h3-7,10,13,18H,2,8-9H2,1H3,(H,17,19). The van der Waals surface area contributed by atoms with E-state index in [0.717, 1.165) is 22.7 Å². The maximum Gasteiger partial charge on any atom is 0.226 e. The molecule has 2 N–H and O–H groups in total. The SMILES string of the molecule is CCc1nc(CC(=O)NC(CO)c2ccccc2)cs1. The van der Waals surface area contributed by atoms with Crippen LogP contribution in [0, 0.1) is 0 Å². The molecule has 0 aliphatic heterocycles. The van der Waals surface area contributed by atoms with Crippen LogP contribution in [0.2, 0.25) is 0 Å². The molecule has 2 rings (SSSR count). The molecule has 0 fully saturated rings. The van der Waals surface area contributed by atoms with Crippen molar-refractivity contribution < 1.29 is 9.90 Å². The van der Waals surface area contributed by atoms with Gasteiger partial charge >= 0.3 is 0 Å². The van der Waals surface area contributed by atoms with Gasteiger partial charge in [0.15, 0.2) is 0 Å². The van der Waals surface area contributed by atoms with E-state index in [4.69, 9.17) is 0 Å². The Morgan fingerprint density at radius 1 is 1.40 bits per heavy atom. The van der Waals surface area contributed by atoms with E-state index in [-0.39, 0.29) is 25.0 Å². The highest BCUT2D eigenvalue weighted by Gasteiger charge is 2.14. The minimum Gasteiger partial charge on any atom is -0.394 e. The maximum absolute atomic E-state index is 12.0. The average molecular weight is 290 g/mol. The number of aromatic nitrogens is 1. The Kier molecular flexibility index (Phi) is 5.26. The van der Waals surface area contributed by atoms with E-state index >= 15 is 0 Å². The number of nitrogens with zero attached hydrogens (tertiary/aromatic N) is 1. The van der Waals surface area contributed by atoms with Gasteiger partial charge in [-0.2, -0.15) is 0 Å². The number of thiazole rings is 1. The number of benzene rings is 1. The minimum atomic E-state index is -0.368. The number of amides is 1. The van der Waals surface area contributed by atoms with Crippen LogP contribution in [0.4, 0.5) is 0 Å². The Balaban J connectivity index is 1.96. The molecule has 5 heteroatoms. The molecular formula is C15H18N2O2S. The maximum atomic E-state index is 12.0. The van der Waals surface area contributed by atoms with E-state index in [1.54, 1.807) is 11.3 Å². The summed E-state index contributed by atoms with van der Waals surface area (Å²) in [5, 5.41) is 15.2. The smallest absolute Gasteiger partial charge is 0.226 e. The van der Waals surface area contributed by atoms with Crippen molar-refractivity contribution >= 4 is 17.2 Å². The highest BCUT2D eigenvalue weighted by molar-refractivity contribution is 7.09. The van der Waals surface area contributed by atoms with Crippen LogP contribution in [-0.2, 0) is 17.6 Å².